The van der Waals surface area contributed by atoms with Crippen LogP contribution in [0.15, 0.2) is 36.4 Å². The second-order valence-corrected chi connectivity index (χ2v) is 8.26. The number of hydrogen-bond acceptors (Lipinski definition) is 6. The lowest BCUT2D eigenvalue weighted by atomic mass is 9.84. The Kier molecular flexibility index (Phi) is 5.70. The Morgan fingerprint density at radius 3 is 2.58 bits per heavy atom. The van der Waals surface area contributed by atoms with E-state index in [0.717, 1.165) is 67.6 Å². The van der Waals surface area contributed by atoms with Gasteiger partial charge < -0.3 is 24.4 Å². The zero-order valence-electron chi connectivity index (χ0n) is 17.9. The number of nitrogens with one attached hydrogen (secondary N) is 1. The molecule has 164 valence electrons. The zero-order valence-corrected chi connectivity index (χ0v) is 17.9. The average Bonchev–Trinajstić information content (AvgIpc) is 3.25. The molecule has 7 heteroatoms. The fraction of sp³-hybridized carbons (Fsp3) is 0.458. The molecule has 31 heavy (non-hydrogen) atoms. The Labute approximate surface area is 182 Å². The molecule has 1 atom stereocenters. The number of anilines is 1. The van der Waals surface area contributed by atoms with E-state index in [1.807, 2.05) is 30.3 Å². The number of hydrogen-bond donors (Lipinski definition) is 1. The van der Waals surface area contributed by atoms with Crippen molar-refractivity contribution < 1.29 is 19.0 Å². The molecule has 3 heterocycles. The Bertz CT molecular complexity index is 956. The largest absolute Gasteiger partial charge is 0.492 e. The SMILES string of the molecule is CCN1CCN(CCOc2ccccc2C2CC(=O)Nc3cc4c(cc32)OCO4)CC1. The van der Waals surface area contributed by atoms with Crippen molar-refractivity contribution in [3.63, 3.8) is 0 Å². The number of carbonyl (C=O) groups excluding carboxylic acids is 1. The maximum Gasteiger partial charge on any atom is 0.231 e. The molecule has 3 aliphatic heterocycles. The van der Waals surface area contributed by atoms with E-state index in [4.69, 9.17) is 14.2 Å². The first-order chi connectivity index (χ1) is 15.2. The van der Waals surface area contributed by atoms with Gasteiger partial charge in [-0.05, 0) is 24.2 Å². The molecule has 1 saturated heterocycles. The van der Waals surface area contributed by atoms with Crippen molar-refractivity contribution >= 4 is 11.6 Å². The maximum absolute atomic E-state index is 12.5. The summed E-state index contributed by atoms with van der Waals surface area (Å²) >= 11 is 0. The Morgan fingerprint density at radius 1 is 1.03 bits per heavy atom. The number of nitrogens with zero attached hydrogens (tertiary/aromatic N) is 2. The molecule has 0 saturated carbocycles. The van der Waals surface area contributed by atoms with E-state index in [2.05, 4.69) is 28.1 Å². The molecule has 0 aliphatic carbocycles. The van der Waals surface area contributed by atoms with Gasteiger partial charge in [-0.25, -0.2) is 0 Å². The van der Waals surface area contributed by atoms with E-state index < -0.39 is 0 Å². The highest BCUT2D eigenvalue weighted by Gasteiger charge is 2.31. The molecule has 3 aliphatic rings. The van der Waals surface area contributed by atoms with Gasteiger partial charge in [0.2, 0.25) is 12.7 Å². The Hall–Kier alpha value is -2.77. The zero-order chi connectivity index (χ0) is 21.2. The fourth-order valence-electron chi connectivity index (χ4n) is 4.64. The van der Waals surface area contributed by atoms with Crippen LogP contribution < -0.4 is 19.5 Å². The number of carbonyl (C=O) groups is 1. The van der Waals surface area contributed by atoms with Crippen LogP contribution in [0.5, 0.6) is 17.2 Å². The molecule has 1 amide bonds. The van der Waals surface area contributed by atoms with E-state index in [0.29, 0.717) is 18.8 Å². The second kappa shape index (κ2) is 8.77. The highest BCUT2D eigenvalue weighted by Crippen LogP contribution is 2.46. The Balaban J connectivity index is 1.32. The molecule has 7 nitrogen and oxygen atoms in total. The molecule has 0 radical (unpaired) electrons. The minimum absolute atomic E-state index is 0.0000338. The third-order valence-electron chi connectivity index (χ3n) is 6.46. The lowest BCUT2D eigenvalue weighted by molar-refractivity contribution is -0.116. The summed E-state index contributed by atoms with van der Waals surface area (Å²) in [5, 5.41) is 2.98. The summed E-state index contributed by atoms with van der Waals surface area (Å²) in [5.74, 6) is 2.16. The molecule has 1 fully saturated rings. The van der Waals surface area contributed by atoms with E-state index >= 15 is 0 Å². The maximum atomic E-state index is 12.5. The van der Waals surface area contributed by atoms with E-state index in [1.165, 1.54) is 0 Å². The van der Waals surface area contributed by atoms with Crippen LogP contribution in [0.4, 0.5) is 5.69 Å². The summed E-state index contributed by atoms with van der Waals surface area (Å²) in [6.07, 6.45) is 0.381. The lowest BCUT2D eigenvalue weighted by Gasteiger charge is -2.34. The minimum Gasteiger partial charge on any atom is -0.492 e. The van der Waals surface area contributed by atoms with Gasteiger partial charge in [-0.1, -0.05) is 25.1 Å². The highest BCUT2D eigenvalue weighted by atomic mass is 16.7. The summed E-state index contributed by atoms with van der Waals surface area (Å²) in [5.41, 5.74) is 2.86. The summed E-state index contributed by atoms with van der Waals surface area (Å²) in [6.45, 7) is 9.51. The van der Waals surface area contributed by atoms with Crippen molar-refractivity contribution in [2.24, 2.45) is 0 Å². The average molecular weight is 424 g/mol. The third kappa shape index (κ3) is 4.20. The quantitative estimate of drug-likeness (QED) is 0.771. The topological polar surface area (TPSA) is 63.3 Å². The number of benzene rings is 2. The smallest absolute Gasteiger partial charge is 0.231 e. The molecule has 5 rings (SSSR count). The number of rotatable bonds is 6. The van der Waals surface area contributed by atoms with Gasteiger partial charge in [-0.15, -0.1) is 0 Å². The summed E-state index contributed by atoms with van der Waals surface area (Å²) < 4.78 is 17.3. The van der Waals surface area contributed by atoms with Gasteiger partial charge in [0, 0.05) is 62.4 Å². The summed E-state index contributed by atoms with van der Waals surface area (Å²) in [4.78, 5) is 17.4. The fourth-order valence-corrected chi connectivity index (χ4v) is 4.64. The van der Waals surface area contributed by atoms with Gasteiger partial charge in [-0.2, -0.15) is 0 Å². The van der Waals surface area contributed by atoms with Crippen LogP contribution in [0.1, 0.15) is 30.4 Å². The van der Waals surface area contributed by atoms with Crippen molar-refractivity contribution in [3.8, 4) is 17.2 Å². The molecular weight excluding hydrogens is 394 g/mol. The number of amides is 1. The number of likely N-dealkylation sites (N-methyl/N-ethyl adjacent to an activating group) is 1. The number of piperazine rings is 1. The van der Waals surface area contributed by atoms with Gasteiger partial charge in [0.25, 0.3) is 0 Å². The van der Waals surface area contributed by atoms with Crippen LogP contribution in [0.2, 0.25) is 0 Å². The first-order valence-corrected chi connectivity index (χ1v) is 11.1. The van der Waals surface area contributed by atoms with Crippen LogP contribution >= 0.6 is 0 Å². The predicted octanol–water partition coefficient (Wildman–Crippen LogP) is 2.91. The highest BCUT2D eigenvalue weighted by molar-refractivity contribution is 5.96. The van der Waals surface area contributed by atoms with E-state index in [-0.39, 0.29) is 18.6 Å². The molecular formula is C24H29N3O4. The van der Waals surface area contributed by atoms with Crippen molar-refractivity contribution in [2.45, 2.75) is 19.3 Å². The molecule has 0 aromatic heterocycles. The molecule has 1 unspecified atom stereocenters. The van der Waals surface area contributed by atoms with Crippen LogP contribution in [-0.2, 0) is 4.79 Å². The van der Waals surface area contributed by atoms with Crippen molar-refractivity contribution in [2.75, 3.05) is 58.0 Å². The summed E-state index contributed by atoms with van der Waals surface area (Å²) in [6, 6.07) is 11.9. The predicted molar refractivity (Wildman–Crippen MR) is 118 cm³/mol. The Morgan fingerprint density at radius 2 is 1.77 bits per heavy atom. The lowest BCUT2D eigenvalue weighted by Crippen LogP contribution is -2.47. The van der Waals surface area contributed by atoms with Gasteiger partial charge in [0.15, 0.2) is 11.5 Å². The van der Waals surface area contributed by atoms with Crippen molar-refractivity contribution in [3.05, 3.63) is 47.5 Å². The molecule has 0 spiro atoms. The van der Waals surface area contributed by atoms with Crippen LogP contribution in [0, 0.1) is 0 Å². The minimum atomic E-state index is -0.0810. The van der Waals surface area contributed by atoms with E-state index in [9.17, 15) is 4.79 Å². The van der Waals surface area contributed by atoms with Gasteiger partial charge in [0.05, 0.1) is 0 Å². The normalized spacial score (nSPS) is 20.9. The number of para-hydroxylation sites is 1. The van der Waals surface area contributed by atoms with Gasteiger partial charge in [0.1, 0.15) is 12.4 Å². The van der Waals surface area contributed by atoms with E-state index in [1.54, 1.807) is 0 Å². The van der Waals surface area contributed by atoms with Gasteiger partial charge in [-0.3, -0.25) is 9.69 Å². The van der Waals surface area contributed by atoms with Crippen LogP contribution in [0.3, 0.4) is 0 Å². The second-order valence-electron chi connectivity index (χ2n) is 8.26. The van der Waals surface area contributed by atoms with Crippen molar-refractivity contribution in [1.29, 1.82) is 0 Å². The molecule has 1 N–H and O–H groups in total. The number of ether oxygens (including phenoxy) is 3. The monoisotopic (exact) mass is 423 g/mol. The molecule has 2 aromatic carbocycles. The molecule has 2 aromatic rings. The van der Waals surface area contributed by atoms with Crippen LogP contribution in [-0.4, -0.2) is 68.4 Å². The third-order valence-corrected chi connectivity index (χ3v) is 6.46. The summed E-state index contributed by atoms with van der Waals surface area (Å²) in [7, 11) is 0. The number of fused-ring (bicyclic) bond motifs is 2. The first-order valence-electron chi connectivity index (χ1n) is 11.1. The first kappa shape index (κ1) is 20.2. The van der Waals surface area contributed by atoms with Crippen LogP contribution in [0.25, 0.3) is 0 Å². The standard InChI is InChI=1S/C24H29N3O4/c1-2-26-7-9-27(10-8-26)11-12-29-21-6-4-3-5-17(21)18-14-24(28)25-20-15-23-22(13-19(18)20)30-16-31-23/h3-6,13,15,18H,2,7-12,14,16H2,1H3,(H,25,28). The van der Waals surface area contributed by atoms with Gasteiger partial charge >= 0.3 is 0 Å². The van der Waals surface area contributed by atoms with Crippen molar-refractivity contribution in [1.82, 2.24) is 9.80 Å². The molecule has 0 bridgehead atoms.